The van der Waals surface area contributed by atoms with Crippen LogP contribution in [0.3, 0.4) is 0 Å². The maximum atomic E-state index is 6.08. The van der Waals surface area contributed by atoms with Crippen molar-refractivity contribution in [2.75, 3.05) is 0 Å². The summed E-state index contributed by atoms with van der Waals surface area (Å²) in [6.07, 6.45) is 3.93. The number of alkyl halides is 1. The fraction of sp³-hybridized carbons (Fsp3) is 0.154. The largest absolute Gasteiger partial charge is 0.487 e. The minimum absolute atomic E-state index is 0.327. The van der Waals surface area contributed by atoms with Crippen molar-refractivity contribution in [3.05, 3.63) is 52.3 Å². The smallest absolute Gasteiger partial charge is 0.193 e. The highest BCUT2D eigenvalue weighted by atomic mass is 35.5. The highest BCUT2D eigenvalue weighted by Gasteiger charge is 2.09. The van der Waals surface area contributed by atoms with Crippen LogP contribution in [0.1, 0.15) is 11.3 Å². The summed E-state index contributed by atoms with van der Waals surface area (Å²) in [5.41, 5.74) is 1.69. The van der Waals surface area contributed by atoms with Gasteiger partial charge < -0.3 is 4.74 Å². The number of fused-ring (bicyclic) bond motifs is 1. The van der Waals surface area contributed by atoms with E-state index in [1.807, 2.05) is 34.3 Å². The first-order valence-electron chi connectivity index (χ1n) is 5.65. The molecule has 98 valence electrons. The van der Waals surface area contributed by atoms with Gasteiger partial charge in [0.2, 0.25) is 0 Å². The van der Waals surface area contributed by atoms with Gasteiger partial charge >= 0.3 is 0 Å². The summed E-state index contributed by atoms with van der Waals surface area (Å²) >= 11 is 13.6. The van der Waals surface area contributed by atoms with Crippen LogP contribution in [0.15, 0.2) is 36.0 Å². The summed E-state index contributed by atoms with van der Waals surface area (Å²) in [6, 6.07) is 5.51. The van der Waals surface area contributed by atoms with Gasteiger partial charge in [0.1, 0.15) is 12.4 Å². The summed E-state index contributed by atoms with van der Waals surface area (Å²) in [5, 5.41) is 2.62. The van der Waals surface area contributed by atoms with Gasteiger partial charge in [0.15, 0.2) is 4.96 Å². The number of benzene rings is 1. The van der Waals surface area contributed by atoms with Crippen molar-refractivity contribution in [1.82, 2.24) is 9.38 Å². The number of hydrogen-bond acceptors (Lipinski definition) is 3. The van der Waals surface area contributed by atoms with E-state index in [0.29, 0.717) is 23.3 Å². The van der Waals surface area contributed by atoms with Crippen molar-refractivity contribution >= 4 is 39.5 Å². The predicted molar refractivity (Wildman–Crippen MR) is 78.4 cm³/mol. The molecule has 6 heteroatoms. The second kappa shape index (κ2) is 5.41. The number of imidazole rings is 1. The number of hydrogen-bond donors (Lipinski definition) is 0. The summed E-state index contributed by atoms with van der Waals surface area (Å²) in [4.78, 5) is 5.42. The van der Waals surface area contributed by atoms with Crippen LogP contribution in [0, 0.1) is 0 Å². The summed E-state index contributed by atoms with van der Waals surface area (Å²) in [7, 11) is 0. The summed E-state index contributed by atoms with van der Waals surface area (Å²) < 4.78 is 7.73. The third-order valence-electron chi connectivity index (χ3n) is 2.73. The van der Waals surface area contributed by atoms with Gasteiger partial charge in [-0.05, 0) is 12.1 Å². The third kappa shape index (κ3) is 2.56. The standard InChI is InChI=1S/C13H10Cl2N2OS/c14-6-10-11(15)2-1-3-12(10)18-8-9-7-17-4-5-19-13(17)16-9/h1-5,7H,6,8H2. The van der Waals surface area contributed by atoms with Crippen LogP contribution in [0.25, 0.3) is 4.96 Å². The molecule has 0 aliphatic carbocycles. The summed E-state index contributed by atoms with van der Waals surface area (Å²) in [5.74, 6) is 1.03. The molecule has 0 fully saturated rings. The molecule has 0 bridgehead atoms. The Morgan fingerprint density at radius 1 is 1.37 bits per heavy atom. The average Bonchev–Trinajstić information content (AvgIpc) is 2.97. The molecule has 0 saturated heterocycles. The molecule has 3 nitrogen and oxygen atoms in total. The lowest BCUT2D eigenvalue weighted by Crippen LogP contribution is -1.98. The van der Waals surface area contributed by atoms with Crippen molar-refractivity contribution in [2.24, 2.45) is 0 Å². The Kier molecular flexibility index (Phi) is 3.64. The Labute approximate surface area is 124 Å². The van der Waals surface area contributed by atoms with Crippen LogP contribution >= 0.6 is 34.5 Å². The number of nitrogens with zero attached hydrogens (tertiary/aromatic N) is 2. The molecule has 0 spiro atoms. The number of rotatable bonds is 4. The molecule has 3 aromatic rings. The molecule has 19 heavy (non-hydrogen) atoms. The van der Waals surface area contributed by atoms with Gasteiger partial charge in [-0.3, -0.25) is 4.40 Å². The fourth-order valence-corrected chi connectivity index (χ4v) is 3.10. The highest BCUT2D eigenvalue weighted by Crippen LogP contribution is 2.28. The zero-order valence-electron chi connectivity index (χ0n) is 9.85. The lowest BCUT2D eigenvalue weighted by Gasteiger charge is -2.09. The maximum Gasteiger partial charge on any atom is 0.193 e. The van der Waals surface area contributed by atoms with Gasteiger partial charge in [0.05, 0.1) is 11.6 Å². The molecule has 0 unspecified atom stereocenters. The van der Waals surface area contributed by atoms with Crippen LogP contribution in [0.5, 0.6) is 5.75 Å². The second-order valence-electron chi connectivity index (χ2n) is 3.96. The van der Waals surface area contributed by atoms with Crippen LogP contribution < -0.4 is 4.74 Å². The Balaban J connectivity index is 1.79. The van der Waals surface area contributed by atoms with E-state index in [1.165, 1.54) is 0 Å². The molecule has 0 aliphatic heterocycles. The Hall–Kier alpha value is -1.23. The first kappa shape index (κ1) is 12.8. The van der Waals surface area contributed by atoms with Crippen molar-refractivity contribution in [2.45, 2.75) is 12.5 Å². The molecule has 2 heterocycles. The number of thiazole rings is 1. The minimum atomic E-state index is 0.327. The van der Waals surface area contributed by atoms with Gasteiger partial charge in [-0.1, -0.05) is 17.7 Å². The molecule has 2 aromatic heterocycles. The lowest BCUT2D eigenvalue weighted by atomic mass is 10.2. The molecular weight excluding hydrogens is 303 g/mol. The molecule has 1 aromatic carbocycles. The van der Waals surface area contributed by atoms with Gasteiger partial charge in [0.25, 0.3) is 0 Å². The van der Waals surface area contributed by atoms with Crippen molar-refractivity contribution < 1.29 is 4.74 Å². The van der Waals surface area contributed by atoms with Gasteiger partial charge in [-0.25, -0.2) is 4.98 Å². The Morgan fingerprint density at radius 2 is 2.26 bits per heavy atom. The molecule has 3 rings (SSSR count). The zero-order valence-corrected chi connectivity index (χ0v) is 12.2. The van der Waals surface area contributed by atoms with Gasteiger partial charge in [-0.15, -0.1) is 22.9 Å². The first-order chi connectivity index (χ1) is 9.28. The first-order valence-corrected chi connectivity index (χ1v) is 7.44. The Morgan fingerprint density at radius 3 is 3.05 bits per heavy atom. The van der Waals surface area contributed by atoms with Crippen LogP contribution in [-0.4, -0.2) is 9.38 Å². The molecule has 0 aliphatic rings. The van der Waals surface area contributed by atoms with E-state index in [0.717, 1.165) is 16.2 Å². The monoisotopic (exact) mass is 312 g/mol. The van der Waals surface area contributed by atoms with Gasteiger partial charge in [-0.2, -0.15) is 0 Å². The quantitative estimate of drug-likeness (QED) is 0.669. The minimum Gasteiger partial charge on any atom is -0.487 e. The normalized spacial score (nSPS) is 11.1. The SMILES string of the molecule is ClCc1c(Cl)cccc1OCc1cn2ccsc2n1. The van der Waals surface area contributed by atoms with E-state index in [1.54, 1.807) is 17.4 Å². The molecule has 0 radical (unpaired) electrons. The fourth-order valence-electron chi connectivity index (χ4n) is 1.80. The number of ether oxygens (including phenoxy) is 1. The van der Waals surface area contributed by atoms with E-state index in [-0.39, 0.29) is 0 Å². The van der Waals surface area contributed by atoms with E-state index in [9.17, 15) is 0 Å². The number of halogens is 2. The van der Waals surface area contributed by atoms with Crippen molar-refractivity contribution in [1.29, 1.82) is 0 Å². The van der Waals surface area contributed by atoms with Crippen molar-refractivity contribution in [3.63, 3.8) is 0 Å². The summed E-state index contributed by atoms with van der Waals surface area (Å²) in [6.45, 7) is 0.401. The van der Waals surface area contributed by atoms with E-state index in [4.69, 9.17) is 27.9 Å². The maximum absolute atomic E-state index is 6.08. The van der Waals surface area contributed by atoms with Gasteiger partial charge in [0, 0.05) is 28.4 Å². The lowest BCUT2D eigenvalue weighted by molar-refractivity contribution is 0.300. The third-order valence-corrected chi connectivity index (χ3v) is 4.12. The topological polar surface area (TPSA) is 26.5 Å². The van der Waals surface area contributed by atoms with E-state index >= 15 is 0 Å². The number of aromatic nitrogens is 2. The molecule has 0 atom stereocenters. The molecule has 0 amide bonds. The Bertz CT molecular complexity index is 679. The zero-order chi connectivity index (χ0) is 13.2. The van der Waals surface area contributed by atoms with Crippen LogP contribution in [-0.2, 0) is 12.5 Å². The van der Waals surface area contributed by atoms with Crippen LogP contribution in [0.4, 0.5) is 0 Å². The van der Waals surface area contributed by atoms with Crippen molar-refractivity contribution in [3.8, 4) is 5.75 Å². The molecular formula is C13H10Cl2N2OS. The highest BCUT2D eigenvalue weighted by molar-refractivity contribution is 7.15. The predicted octanol–water partition coefficient (Wildman–Crippen LogP) is 4.37. The van der Waals surface area contributed by atoms with E-state index < -0.39 is 0 Å². The van der Waals surface area contributed by atoms with E-state index in [2.05, 4.69) is 4.98 Å². The van der Waals surface area contributed by atoms with Crippen LogP contribution in [0.2, 0.25) is 5.02 Å². The average molecular weight is 313 g/mol. The molecule has 0 saturated carbocycles. The second-order valence-corrected chi connectivity index (χ2v) is 5.51. The molecule has 0 N–H and O–H groups in total.